The lowest BCUT2D eigenvalue weighted by Gasteiger charge is -2.62. The van der Waals surface area contributed by atoms with Gasteiger partial charge in [0.15, 0.2) is 0 Å². The van der Waals surface area contributed by atoms with Crippen LogP contribution in [0.1, 0.15) is 51.9 Å². The van der Waals surface area contributed by atoms with Crippen molar-refractivity contribution >= 4 is 0 Å². The average Bonchev–Trinajstić information content (AvgIpc) is 2.51. The molecule has 4 aliphatic rings. The van der Waals surface area contributed by atoms with Gasteiger partial charge in [0.1, 0.15) is 0 Å². The molecule has 1 nitrogen and oxygen atoms in total. The first-order valence-corrected chi connectivity index (χ1v) is 6.39. The molecule has 1 heteroatoms. The fourth-order valence-electron chi connectivity index (χ4n) is 4.99. The minimum atomic E-state index is -0.414. The van der Waals surface area contributed by atoms with Crippen LogP contribution in [0.3, 0.4) is 0 Å². The van der Waals surface area contributed by atoms with Crippen LogP contribution in [0.15, 0.2) is 12.7 Å². The van der Waals surface area contributed by atoms with Gasteiger partial charge in [0, 0.05) is 5.92 Å². The average molecular weight is 206 g/mol. The summed E-state index contributed by atoms with van der Waals surface area (Å²) < 4.78 is 0. The topological polar surface area (TPSA) is 20.2 Å². The van der Waals surface area contributed by atoms with Gasteiger partial charge < -0.3 is 5.11 Å². The van der Waals surface area contributed by atoms with Crippen molar-refractivity contribution < 1.29 is 5.11 Å². The summed E-state index contributed by atoms with van der Waals surface area (Å²) in [6.45, 7) is 6.34. The lowest BCUT2D eigenvalue weighted by molar-refractivity contribution is -0.181. The quantitative estimate of drug-likeness (QED) is 0.653. The van der Waals surface area contributed by atoms with Crippen molar-refractivity contribution in [2.75, 3.05) is 0 Å². The standard InChI is InChI=1S/C14H22O/c1-3-11-9-13-6-4-5-12(13,2)10-14(11,15)8-7-13/h3,11,15H,1,4-10H2,2H3/t11-,12-,13+,14-/m1/s1. The Morgan fingerprint density at radius 2 is 2.07 bits per heavy atom. The highest BCUT2D eigenvalue weighted by atomic mass is 16.3. The van der Waals surface area contributed by atoms with Crippen LogP contribution in [0.5, 0.6) is 0 Å². The third-order valence-corrected chi connectivity index (χ3v) is 5.98. The van der Waals surface area contributed by atoms with Gasteiger partial charge in [-0.25, -0.2) is 0 Å². The smallest absolute Gasteiger partial charge is 0.0715 e. The van der Waals surface area contributed by atoms with Crippen molar-refractivity contribution in [3.05, 3.63) is 12.7 Å². The minimum Gasteiger partial charge on any atom is -0.389 e. The van der Waals surface area contributed by atoms with E-state index in [-0.39, 0.29) is 0 Å². The Morgan fingerprint density at radius 1 is 1.27 bits per heavy atom. The van der Waals surface area contributed by atoms with Crippen LogP contribution in [-0.2, 0) is 0 Å². The Bertz CT molecular complexity index is 310. The second-order valence-electron chi connectivity index (χ2n) is 6.52. The number of fused-ring (bicyclic) bond motifs is 2. The van der Waals surface area contributed by atoms with Gasteiger partial charge >= 0.3 is 0 Å². The maximum absolute atomic E-state index is 10.7. The molecule has 0 aliphatic heterocycles. The van der Waals surface area contributed by atoms with Gasteiger partial charge in [-0.15, -0.1) is 6.58 Å². The normalized spacial score (nSPS) is 57.9. The molecular formula is C14H22O. The second kappa shape index (κ2) is 2.68. The van der Waals surface area contributed by atoms with Crippen molar-refractivity contribution in [3.8, 4) is 0 Å². The third-order valence-electron chi connectivity index (χ3n) is 5.98. The highest BCUT2D eigenvalue weighted by molar-refractivity contribution is 5.18. The van der Waals surface area contributed by atoms with Crippen LogP contribution in [0.25, 0.3) is 0 Å². The number of hydrogen-bond donors (Lipinski definition) is 1. The monoisotopic (exact) mass is 206 g/mol. The largest absolute Gasteiger partial charge is 0.389 e. The Labute approximate surface area is 92.6 Å². The van der Waals surface area contributed by atoms with Crippen LogP contribution in [0.4, 0.5) is 0 Å². The Morgan fingerprint density at radius 3 is 2.80 bits per heavy atom. The van der Waals surface area contributed by atoms with Crippen molar-refractivity contribution in [2.45, 2.75) is 57.5 Å². The molecule has 0 radical (unpaired) electrons. The third kappa shape index (κ3) is 1.03. The highest BCUT2D eigenvalue weighted by Crippen LogP contribution is 2.70. The van der Waals surface area contributed by atoms with Crippen LogP contribution < -0.4 is 0 Å². The molecular weight excluding hydrogens is 184 g/mol. The molecule has 0 aromatic carbocycles. The zero-order chi connectivity index (χ0) is 10.7. The van der Waals surface area contributed by atoms with E-state index in [0.717, 1.165) is 12.8 Å². The van der Waals surface area contributed by atoms with Crippen LogP contribution in [-0.4, -0.2) is 10.7 Å². The van der Waals surface area contributed by atoms with E-state index in [2.05, 4.69) is 13.5 Å². The van der Waals surface area contributed by atoms with E-state index in [1.807, 2.05) is 6.08 Å². The maximum Gasteiger partial charge on any atom is 0.0715 e. The second-order valence-corrected chi connectivity index (χ2v) is 6.52. The predicted octanol–water partition coefficient (Wildman–Crippen LogP) is 3.28. The van der Waals surface area contributed by atoms with E-state index in [1.165, 1.54) is 32.1 Å². The maximum atomic E-state index is 10.7. The molecule has 84 valence electrons. The molecule has 0 amide bonds. The van der Waals surface area contributed by atoms with Crippen LogP contribution >= 0.6 is 0 Å². The summed E-state index contributed by atoms with van der Waals surface area (Å²) in [5.74, 6) is 0.359. The zero-order valence-corrected chi connectivity index (χ0v) is 9.76. The van der Waals surface area contributed by atoms with Gasteiger partial charge in [0.05, 0.1) is 5.60 Å². The molecule has 0 aromatic rings. The summed E-state index contributed by atoms with van der Waals surface area (Å²) in [5.41, 5.74) is 0.568. The molecule has 0 heterocycles. The first-order chi connectivity index (χ1) is 7.04. The molecule has 0 unspecified atom stereocenters. The van der Waals surface area contributed by atoms with Crippen LogP contribution in [0.2, 0.25) is 0 Å². The van der Waals surface area contributed by atoms with E-state index < -0.39 is 5.60 Å². The summed E-state index contributed by atoms with van der Waals surface area (Å²) in [6, 6.07) is 0. The Balaban J connectivity index is 2.04. The summed E-state index contributed by atoms with van der Waals surface area (Å²) >= 11 is 0. The molecule has 1 N–H and O–H groups in total. The molecule has 4 rings (SSSR count). The van der Waals surface area contributed by atoms with Gasteiger partial charge in [0.2, 0.25) is 0 Å². The van der Waals surface area contributed by atoms with Crippen molar-refractivity contribution in [1.82, 2.24) is 0 Å². The van der Waals surface area contributed by atoms with E-state index in [4.69, 9.17) is 0 Å². The zero-order valence-electron chi connectivity index (χ0n) is 9.76. The minimum absolute atomic E-state index is 0.359. The Hall–Kier alpha value is -0.300. The fraction of sp³-hybridized carbons (Fsp3) is 0.857. The number of rotatable bonds is 1. The van der Waals surface area contributed by atoms with Gasteiger partial charge in [-0.3, -0.25) is 0 Å². The molecule has 4 aliphatic carbocycles. The first kappa shape index (κ1) is 9.89. The van der Waals surface area contributed by atoms with Crippen molar-refractivity contribution in [1.29, 1.82) is 0 Å². The van der Waals surface area contributed by atoms with E-state index in [1.54, 1.807) is 0 Å². The molecule has 0 saturated heterocycles. The van der Waals surface area contributed by atoms with Crippen molar-refractivity contribution in [2.24, 2.45) is 16.7 Å². The van der Waals surface area contributed by atoms with Gasteiger partial charge in [-0.1, -0.05) is 19.4 Å². The lowest BCUT2D eigenvalue weighted by atomic mass is 9.45. The van der Waals surface area contributed by atoms with Gasteiger partial charge in [-0.2, -0.15) is 0 Å². The van der Waals surface area contributed by atoms with E-state index in [9.17, 15) is 5.11 Å². The fourth-order valence-corrected chi connectivity index (χ4v) is 4.99. The summed E-state index contributed by atoms with van der Waals surface area (Å²) in [7, 11) is 0. The Kier molecular flexibility index (Phi) is 1.77. The summed E-state index contributed by atoms with van der Waals surface area (Å²) in [4.78, 5) is 0. The molecule has 4 saturated carbocycles. The SMILES string of the molecule is C=C[C@@H]1C[C@@]23CCC[C@]2(C)C[C@]1(O)CC3. The molecule has 0 aromatic heterocycles. The van der Waals surface area contributed by atoms with E-state index >= 15 is 0 Å². The van der Waals surface area contributed by atoms with Gasteiger partial charge in [-0.05, 0) is 49.4 Å². The van der Waals surface area contributed by atoms with Crippen LogP contribution in [0, 0.1) is 16.7 Å². The predicted molar refractivity (Wildman–Crippen MR) is 61.5 cm³/mol. The molecule has 4 fully saturated rings. The van der Waals surface area contributed by atoms with E-state index in [0.29, 0.717) is 16.7 Å². The molecule has 1 spiro atoms. The lowest BCUT2D eigenvalue weighted by Crippen LogP contribution is -2.59. The number of hydrogen-bond acceptors (Lipinski definition) is 1. The summed E-state index contributed by atoms with van der Waals surface area (Å²) in [6.07, 6.45) is 10.6. The number of aliphatic hydroxyl groups is 1. The summed E-state index contributed by atoms with van der Waals surface area (Å²) in [5, 5.41) is 10.7. The molecule has 4 atom stereocenters. The molecule has 2 bridgehead atoms. The first-order valence-electron chi connectivity index (χ1n) is 6.39. The highest BCUT2D eigenvalue weighted by Gasteiger charge is 2.64. The molecule has 15 heavy (non-hydrogen) atoms. The van der Waals surface area contributed by atoms with Crippen molar-refractivity contribution in [3.63, 3.8) is 0 Å². The van der Waals surface area contributed by atoms with Gasteiger partial charge in [0.25, 0.3) is 0 Å².